The lowest BCUT2D eigenvalue weighted by Crippen LogP contribution is -2.29. The first kappa shape index (κ1) is 23.0. The highest BCUT2D eigenvalue weighted by molar-refractivity contribution is 5.89. The molecule has 0 unspecified atom stereocenters. The number of hydrogen-bond donors (Lipinski definition) is 3. The maximum atomic E-state index is 5.31. The van der Waals surface area contributed by atoms with Crippen LogP contribution < -0.4 is 17.2 Å². The Labute approximate surface area is 138 Å². The minimum atomic E-state index is -0.0267. The summed E-state index contributed by atoms with van der Waals surface area (Å²) in [6, 6.07) is 0. The van der Waals surface area contributed by atoms with E-state index in [9.17, 15) is 0 Å². The smallest absolute Gasteiger partial charge is 0.356 e. The highest BCUT2D eigenvalue weighted by Gasteiger charge is 1.97. The molecule has 0 aromatic rings. The van der Waals surface area contributed by atoms with Gasteiger partial charge in [-0.05, 0) is 4.99 Å². The number of hydrogen-bond acceptors (Lipinski definition) is 0. The van der Waals surface area contributed by atoms with Gasteiger partial charge in [0.25, 0.3) is 5.96 Å². The van der Waals surface area contributed by atoms with Crippen molar-refractivity contribution < 1.29 is 4.58 Å². The molecule has 0 rings (SSSR count). The van der Waals surface area contributed by atoms with Gasteiger partial charge in [-0.25, -0.2) is 0 Å². The average Bonchev–Trinajstić information content (AvgIpc) is 2.45. The Morgan fingerprint density at radius 1 is 0.682 bits per heavy atom. The van der Waals surface area contributed by atoms with Gasteiger partial charge in [-0.15, -0.1) is 0 Å². The van der Waals surface area contributed by atoms with Crippen LogP contribution in [0, 0.1) is 0 Å². The summed E-state index contributed by atoms with van der Waals surface area (Å²) in [5.74, 6) is 0.274. The van der Waals surface area contributed by atoms with Crippen LogP contribution in [0.15, 0.2) is 4.99 Å². The van der Waals surface area contributed by atoms with Crippen molar-refractivity contribution in [1.29, 1.82) is 0 Å². The third-order valence-electron chi connectivity index (χ3n) is 3.41. The van der Waals surface area contributed by atoms with Gasteiger partial charge in [-0.2, -0.15) is 0 Å². The fourth-order valence-electron chi connectivity index (χ4n) is 1.97. The molecule has 0 aromatic heterocycles. The molecular weight excluding hydrogens is 274 g/mol. The molecule has 132 valence electrons. The Morgan fingerprint density at radius 2 is 1.00 bits per heavy atom. The van der Waals surface area contributed by atoms with Crippen molar-refractivity contribution >= 4 is 11.9 Å². The second-order valence-electron chi connectivity index (χ2n) is 5.97. The number of guanidine groups is 2. The normalized spacial score (nSPS) is 9.64. The van der Waals surface area contributed by atoms with E-state index in [0.717, 1.165) is 0 Å². The van der Waals surface area contributed by atoms with Crippen LogP contribution in [0.4, 0.5) is 0 Å². The fraction of sp³-hybridized carbons (Fsp3) is 0.882. The summed E-state index contributed by atoms with van der Waals surface area (Å²) in [4.78, 5) is 3.57. The third kappa shape index (κ3) is 21.0. The lowest BCUT2D eigenvalue weighted by atomic mass is 10.1. The molecule has 0 spiro atoms. The minimum Gasteiger partial charge on any atom is -0.356 e. The van der Waals surface area contributed by atoms with E-state index in [2.05, 4.69) is 18.8 Å². The molecule has 0 aliphatic rings. The van der Waals surface area contributed by atoms with Crippen molar-refractivity contribution in [3.63, 3.8) is 0 Å². The number of nitrogens with two attached hydrogens (primary N) is 3. The second-order valence-corrected chi connectivity index (χ2v) is 5.97. The minimum absolute atomic E-state index is 0.0267. The molecule has 0 aliphatic carbocycles. The van der Waals surface area contributed by atoms with E-state index < -0.39 is 0 Å². The molecule has 0 bridgehead atoms. The van der Waals surface area contributed by atoms with Crippen molar-refractivity contribution in [2.24, 2.45) is 22.2 Å². The summed E-state index contributed by atoms with van der Waals surface area (Å²) >= 11 is 0. The summed E-state index contributed by atoms with van der Waals surface area (Å²) in [6.07, 6.45) is 15.9. The fourth-order valence-corrected chi connectivity index (χ4v) is 1.97. The Balaban J connectivity index is 0. The van der Waals surface area contributed by atoms with Gasteiger partial charge in [0.2, 0.25) is 0 Å². The maximum Gasteiger partial charge on any atom is 0.387 e. The molecule has 5 heteroatoms. The quantitative estimate of drug-likeness (QED) is 0.250. The van der Waals surface area contributed by atoms with E-state index >= 15 is 0 Å². The Kier molecular flexibility index (Phi) is 18.6. The molecule has 22 heavy (non-hydrogen) atoms. The molecule has 0 aromatic carbocycles. The van der Waals surface area contributed by atoms with Crippen LogP contribution >= 0.6 is 0 Å². The van der Waals surface area contributed by atoms with Crippen molar-refractivity contribution in [2.75, 3.05) is 14.1 Å². The summed E-state index contributed by atoms with van der Waals surface area (Å²) in [5, 5.41) is 0. The Hall–Kier alpha value is -1.26. The molecule has 0 fully saturated rings. The van der Waals surface area contributed by atoms with Crippen LogP contribution in [-0.4, -0.2) is 30.6 Å². The van der Waals surface area contributed by atoms with Crippen molar-refractivity contribution in [3.05, 3.63) is 0 Å². The van der Waals surface area contributed by atoms with E-state index in [1.807, 2.05) is 0 Å². The highest BCUT2D eigenvalue weighted by Crippen LogP contribution is 2.10. The van der Waals surface area contributed by atoms with Crippen molar-refractivity contribution in [3.8, 4) is 0 Å². The SMILES string of the molecule is CCCCCCCCCCCCC.C[N+](C)=C(N)N=C(N)N. The molecule has 0 aliphatic heterocycles. The molecule has 0 atom stereocenters. The molecule has 0 radical (unpaired) electrons. The molecule has 0 saturated heterocycles. The van der Waals surface area contributed by atoms with Crippen LogP contribution in [-0.2, 0) is 0 Å². The number of unbranched alkanes of at least 4 members (excludes halogenated alkanes) is 10. The zero-order valence-corrected chi connectivity index (χ0v) is 15.4. The van der Waals surface area contributed by atoms with Crippen LogP contribution in [0.25, 0.3) is 0 Å². The molecule has 0 amide bonds. The van der Waals surface area contributed by atoms with Gasteiger partial charge in [0.05, 0.1) is 14.1 Å². The van der Waals surface area contributed by atoms with Gasteiger partial charge in [0.1, 0.15) is 0 Å². The van der Waals surface area contributed by atoms with Gasteiger partial charge in [-0.3, -0.25) is 10.3 Å². The van der Waals surface area contributed by atoms with Gasteiger partial charge in [0.15, 0.2) is 0 Å². The first-order chi connectivity index (χ1) is 10.5. The molecule has 5 nitrogen and oxygen atoms in total. The van der Waals surface area contributed by atoms with Crippen LogP contribution in [0.3, 0.4) is 0 Å². The zero-order chi connectivity index (χ0) is 17.2. The Morgan fingerprint density at radius 3 is 1.18 bits per heavy atom. The highest BCUT2D eigenvalue weighted by atomic mass is 15.2. The summed E-state index contributed by atoms with van der Waals surface area (Å²) in [5.41, 5.74) is 15.4. The summed E-state index contributed by atoms with van der Waals surface area (Å²) in [6.45, 7) is 4.56. The summed E-state index contributed by atoms with van der Waals surface area (Å²) < 4.78 is 1.61. The number of aliphatic imine (C=N–C) groups is 1. The van der Waals surface area contributed by atoms with Crippen LogP contribution in [0.1, 0.15) is 84.5 Å². The maximum absolute atomic E-state index is 5.31. The molecule has 6 N–H and O–H groups in total. The Bertz CT molecular complexity index is 279. The van der Waals surface area contributed by atoms with E-state index in [0.29, 0.717) is 5.96 Å². The monoisotopic (exact) mass is 314 g/mol. The van der Waals surface area contributed by atoms with Gasteiger partial charge >= 0.3 is 5.96 Å². The topological polar surface area (TPSA) is 93.4 Å². The molecule has 0 heterocycles. The standard InChI is InChI=1S/C13H28.C4H11N5/c1-3-5-7-9-11-13-12-10-8-6-4-2;1-9(2)4(7)8-3(5)6/h3-13H2,1-2H3;1-2H3,(H5,5,6,7,8)/p+1. The van der Waals surface area contributed by atoms with Crippen molar-refractivity contribution in [1.82, 2.24) is 0 Å². The predicted octanol–water partition coefficient (Wildman–Crippen LogP) is 3.16. The molecular formula is C17H40N5+. The van der Waals surface area contributed by atoms with Gasteiger partial charge < -0.3 is 11.5 Å². The predicted molar refractivity (Wildman–Crippen MR) is 99.2 cm³/mol. The van der Waals surface area contributed by atoms with E-state index in [1.165, 1.54) is 70.6 Å². The largest absolute Gasteiger partial charge is 0.387 e. The summed E-state index contributed by atoms with van der Waals surface area (Å²) in [7, 11) is 3.50. The lowest BCUT2D eigenvalue weighted by molar-refractivity contribution is -0.466. The number of nitrogens with zero attached hydrogens (tertiary/aromatic N) is 2. The van der Waals surface area contributed by atoms with E-state index in [1.54, 1.807) is 18.7 Å². The number of rotatable bonds is 10. The van der Waals surface area contributed by atoms with Crippen LogP contribution in [0.2, 0.25) is 0 Å². The van der Waals surface area contributed by atoms with Crippen LogP contribution in [0.5, 0.6) is 0 Å². The average molecular weight is 315 g/mol. The van der Waals surface area contributed by atoms with E-state index in [4.69, 9.17) is 17.2 Å². The van der Waals surface area contributed by atoms with Gasteiger partial charge in [-0.1, -0.05) is 84.5 Å². The van der Waals surface area contributed by atoms with Gasteiger partial charge in [0, 0.05) is 0 Å². The first-order valence-corrected chi connectivity index (χ1v) is 8.85. The third-order valence-corrected chi connectivity index (χ3v) is 3.41. The zero-order valence-electron chi connectivity index (χ0n) is 15.4. The molecule has 0 saturated carbocycles. The van der Waals surface area contributed by atoms with E-state index in [-0.39, 0.29) is 5.96 Å². The van der Waals surface area contributed by atoms with Crippen molar-refractivity contribution in [2.45, 2.75) is 84.5 Å². The first-order valence-electron chi connectivity index (χ1n) is 8.85. The second kappa shape index (κ2) is 17.8. The lowest BCUT2D eigenvalue weighted by Gasteiger charge is -2.00.